The molecule has 1 amide bonds. The molecule has 3 N–H and O–H groups in total. The fourth-order valence-corrected chi connectivity index (χ4v) is 4.05. The number of anilines is 2. The lowest BCUT2D eigenvalue weighted by atomic mass is 9.97. The lowest BCUT2D eigenvalue weighted by molar-refractivity contribution is -0.120. The average molecular weight is 439 g/mol. The molecule has 31 heavy (non-hydrogen) atoms. The quantitative estimate of drug-likeness (QED) is 0.623. The fraction of sp³-hybridized carbons (Fsp3) is 0.238. The Kier molecular flexibility index (Phi) is 5.92. The Balaban J connectivity index is 1.40. The number of carbonyl (C=O) groups is 1. The van der Waals surface area contributed by atoms with Crippen molar-refractivity contribution in [2.24, 2.45) is 11.1 Å². The summed E-state index contributed by atoms with van der Waals surface area (Å²) in [5.41, 5.74) is 2.16. The number of aromatic nitrogens is 3. The number of pyridine rings is 1. The zero-order valence-corrected chi connectivity index (χ0v) is 17.5. The van der Waals surface area contributed by atoms with E-state index >= 15 is 0 Å². The summed E-state index contributed by atoms with van der Waals surface area (Å²) in [5.74, 6) is 0.391. The van der Waals surface area contributed by atoms with Crippen LogP contribution in [0, 0.1) is 5.92 Å². The molecule has 10 heteroatoms. The Labute approximate surface area is 180 Å². The highest BCUT2D eigenvalue weighted by atomic mass is 32.2. The number of nitrogens with zero attached hydrogens (tertiary/aromatic N) is 4. The molecule has 3 aromatic rings. The molecule has 1 fully saturated rings. The van der Waals surface area contributed by atoms with E-state index in [0.29, 0.717) is 12.2 Å². The second-order valence-electron chi connectivity index (χ2n) is 7.36. The molecular formula is C21H22N6O3S. The number of hydrogen-bond donors (Lipinski definition) is 2. The molecule has 2 aromatic heterocycles. The van der Waals surface area contributed by atoms with Crippen LogP contribution in [0.3, 0.4) is 0 Å². The smallest absolute Gasteiger partial charge is 0.238 e. The molecule has 0 saturated carbocycles. The van der Waals surface area contributed by atoms with Crippen molar-refractivity contribution >= 4 is 27.4 Å². The topological polar surface area (TPSA) is 131 Å². The van der Waals surface area contributed by atoms with Crippen LogP contribution in [0.1, 0.15) is 12.8 Å². The van der Waals surface area contributed by atoms with Crippen LogP contribution in [0.4, 0.5) is 11.5 Å². The van der Waals surface area contributed by atoms with Crippen molar-refractivity contribution in [2.75, 3.05) is 23.3 Å². The van der Waals surface area contributed by atoms with E-state index in [1.165, 1.54) is 24.3 Å². The zero-order chi connectivity index (χ0) is 21.8. The number of sulfonamides is 1. The molecule has 160 valence electrons. The van der Waals surface area contributed by atoms with Crippen LogP contribution < -0.4 is 15.4 Å². The first kappa shape index (κ1) is 20.9. The van der Waals surface area contributed by atoms with E-state index in [2.05, 4.69) is 25.4 Å². The van der Waals surface area contributed by atoms with Crippen molar-refractivity contribution in [3.63, 3.8) is 0 Å². The number of rotatable bonds is 5. The minimum atomic E-state index is -3.76. The SMILES string of the molecule is NS(=O)(=O)c1ccc(NC(=O)C2CCCN(c3ccc(-c4cccnc4)nn3)C2)cc1. The van der Waals surface area contributed by atoms with Crippen LogP contribution in [0.15, 0.2) is 65.8 Å². The summed E-state index contributed by atoms with van der Waals surface area (Å²) in [5, 5.41) is 16.6. The monoisotopic (exact) mass is 438 g/mol. The van der Waals surface area contributed by atoms with Gasteiger partial charge in [-0.1, -0.05) is 0 Å². The summed E-state index contributed by atoms with van der Waals surface area (Å²) in [6.07, 6.45) is 5.06. The van der Waals surface area contributed by atoms with E-state index in [4.69, 9.17) is 5.14 Å². The first-order valence-corrected chi connectivity index (χ1v) is 11.4. The molecule has 1 aromatic carbocycles. The van der Waals surface area contributed by atoms with Gasteiger partial charge in [-0.05, 0) is 61.4 Å². The minimum Gasteiger partial charge on any atom is -0.354 e. The maximum absolute atomic E-state index is 12.7. The van der Waals surface area contributed by atoms with Crippen molar-refractivity contribution in [1.82, 2.24) is 15.2 Å². The molecule has 3 heterocycles. The molecule has 1 atom stereocenters. The van der Waals surface area contributed by atoms with Gasteiger partial charge in [0.25, 0.3) is 0 Å². The minimum absolute atomic E-state index is 0.00245. The maximum atomic E-state index is 12.7. The van der Waals surface area contributed by atoms with Crippen LogP contribution in [0.5, 0.6) is 0 Å². The summed E-state index contributed by atoms with van der Waals surface area (Å²) >= 11 is 0. The van der Waals surface area contributed by atoms with Gasteiger partial charge in [-0.25, -0.2) is 13.6 Å². The highest BCUT2D eigenvalue weighted by Crippen LogP contribution is 2.24. The third kappa shape index (κ3) is 5.04. The first-order valence-electron chi connectivity index (χ1n) is 9.83. The van der Waals surface area contributed by atoms with Gasteiger partial charge in [-0.15, -0.1) is 10.2 Å². The van der Waals surface area contributed by atoms with Gasteiger partial charge in [0.1, 0.15) is 0 Å². The zero-order valence-electron chi connectivity index (χ0n) is 16.7. The molecule has 1 unspecified atom stereocenters. The molecule has 1 saturated heterocycles. The number of primary sulfonamides is 1. The molecule has 0 aliphatic carbocycles. The van der Waals surface area contributed by atoms with Crippen molar-refractivity contribution in [3.8, 4) is 11.3 Å². The van der Waals surface area contributed by atoms with Crippen LogP contribution >= 0.6 is 0 Å². The van der Waals surface area contributed by atoms with Crippen molar-refractivity contribution in [2.45, 2.75) is 17.7 Å². The largest absolute Gasteiger partial charge is 0.354 e. The maximum Gasteiger partial charge on any atom is 0.238 e. The number of hydrogen-bond acceptors (Lipinski definition) is 7. The summed E-state index contributed by atoms with van der Waals surface area (Å²) in [6, 6.07) is 13.4. The van der Waals surface area contributed by atoms with Crippen molar-refractivity contribution < 1.29 is 13.2 Å². The highest BCUT2D eigenvalue weighted by molar-refractivity contribution is 7.89. The normalized spacial score (nSPS) is 16.7. The summed E-state index contributed by atoms with van der Waals surface area (Å²) in [6.45, 7) is 1.33. The molecule has 1 aliphatic rings. The molecule has 9 nitrogen and oxygen atoms in total. The van der Waals surface area contributed by atoms with Gasteiger partial charge >= 0.3 is 0 Å². The van der Waals surface area contributed by atoms with Crippen LogP contribution in [0.2, 0.25) is 0 Å². The van der Waals surface area contributed by atoms with E-state index in [0.717, 1.165) is 36.5 Å². The number of amides is 1. The fourth-order valence-electron chi connectivity index (χ4n) is 3.53. The van der Waals surface area contributed by atoms with E-state index in [9.17, 15) is 13.2 Å². The Bertz CT molecular complexity index is 1150. The van der Waals surface area contributed by atoms with Gasteiger partial charge in [0, 0.05) is 36.7 Å². The Morgan fingerprint density at radius 2 is 1.90 bits per heavy atom. The number of nitrogens with one attached hydrogen (secondary N) is 1. The van der Waals surface area contributed by atoms with Gasteiger partial charge in [-0.2, -0.15) is 0 Å². The summed E-state index contributed by atoms with van der Waals surface area (Å²) in [4.78, 5) is 18.9. The van der Waals surface area contributed by atoms with Crippen LogP contribution in [-0.4, -0.2) is 42.6 Å². The van der Waals surface area contributed by atoms with E-state index < -0.39 is 10.0 Å². The first-order chi connectivity index (χ1) is 14.9. The van der Waals surface area contributed by atoms with Gasteiger partial charge in [0.05, 0.1) is 16.5 Å². The lowest BCUT2D eigenvalue weighted by Crippen LogP contribution is -2.41. The summed E-state index contributed by atoms with van der Waals surface area (Å²) in [7, 11) is -3.76. The third-order valence-electron chi connectivity index (χ3n) is 5.17. The Morgan fingerprint density at radius 3 is 2.55 bits per heavy atom. The van der Waals surface area contributed by atoms with E-state index in [-0.39, 0.29) is 16.7 Å². The Morgan fingerprint density at radius 1 is 1.10 bits per heavy atom. The summed E-state index contributed by atoms with van der Waals surface area (Å²) < 4.78 is 22.7. The van der Waals surface area contributed by atoms with Gasteiger partial charge in [0.2, 0.25) is 15.9 Å². The standard InChI is InChI=1S/C21H22N6O3S/c22-31(29,30)18-7-5-17(6-8-18)24-21(28)16-4-2-12-27(14-16)20-10-9-19(25-26-20)15-3-1-11-23-13-15/h1,3,5-11,13,16H,2,4,12,14H2,(H,24,28)(H2,22,29,30). The van der Waals surface area contributed by atoms with Crippen molar-refractivity contribution in [1.29, 1.82) is 0 Å². The van der Waals surface area contributed by atoms with Crippen molar-refractivity contribution in [3.05, 3.63) is 60.9 Å². The molecule has 0 spiro atoms. The second kappa shape index (κ2) is 8.78. The number of piperidine rings is 1. The van der Waals surface area contributed by atoms with Gasteiger partial charge in [-0.3, -0.25) is 9.78 Å². The molecule has 1 aliphatic heterocycles. The van der Waals surface area contributed by atoms with Crippen LogP contribution in [-0.2, 0) is 14.8 Å². The predicted molar refractivity (Wildman–Crippen MR) is 117 cm³/mol. The molecular weight excluding hydrogens is 416 g/mol. The van der Waals surface area contributed by atoms with Gasteiger partial charge < -0.3 is 10.2 Å². The van der Waals surface area contributed by atoms with Gasteiger partial charge in [0.15, 0.2) is 5.82 Å². The molecule has 0 bridgehead atoms. The Hall–Kier alpha value is -3.37. The van der Waals surface area contributed by atoms with E-state index in [1.54, 1.807) is 12.4 Å². The number of benzene rings is 1. The lowest BCUT2D eigenvalue weighted by Gasteiger charge is -2.32. The second-order valence-corrected chi connectivity index (χ2v) is 8.92. The number of nitrogens with two attached hydrogens (primary N) is 1. The molecule has 0 radical (unpaired) electrons. The predicted octanol–water partition coefficient (Wildman–Crippen LogP) is 2.04. The highest BCUT2D eigenvalue weighted by Gasteiger charge is 2.27. The molecule has 4 rings (SSSR count). The average Bonchev–Trinajstić information content (AvgIpc) is 2.80. The number of carbonyl (C=O) groups excluding carboxylic acids is 1. The van der Waals surface area contributed by atoms with E-state index in [1.807, 2.05) is 24.3 Å². The van der Waals surface area contributed by atoms with Crippen LogP contribution in [0.25, 0.3) is 11.3 Å². The third-order valence-corrected chi connectivity index (χ3v) is 6.10.